The van der Waals surface area contributed by atoms with Crippen molar-refractivity contribution in [1.82, 2.24) is 9.80 Å². The van der Waals surface area contributed by atoms with Crippen LogP contribution < -0.4 is 4.74 Å². The van der Waals surface area contributed by atoms with Crippen molar-refractivity contribution in [3.05, 3.63) is 29.8 Å². The van der Waals surface area contributed by atoms with E-state index in [1.54, 1.807) is 9.80 Å². The number of hydrogen-bond donors (Lipinski definition) is 1. The van der Waals surface area contributed by atoms with E-state index in [-0.39, 0.29) is 31.3 Å². The average molecular weight is 334 g/mol. The third-order valence-electron chi connectivity index (χ3n) is 3.98. The number of amides is 2. The van der Waals surface area contributed by atoms with Crippen LogP contribution in [0.25, 0.3) is 0 Å². The lowest BCUT2D eigenvalue weighted by molar-refractivity contribution is -0.143. The van der Waals surface area contributed by atoms with Gasteiger partial charge in [0.15, 0.2) is 6.61 Å². The maximum Gasteiger partial charge on any atom is 0.303 e. The molecule has 7 nitrogen and oxygen atoms in total. The highest BCUT2D eigenvalue weighted by Crippen LogP contribution is 2.16. The topological polar surface area (TPSA) is 87.2 Å². The molecule has 1 aliphatic heterocycles. The van der Waals surface area contributed by atoms with Gasteiger partial charge in [-0.05, 0) is 18.6 Å². The molecule has 1 fully saturated rings. The predicted molar refractivity (Wildman–Crippen MR) is 86.7 cm³/mol. The van der Waals surface area contributed by atoms with Gasteiger partial charge in [0.25, 0.3) is 5.91 Å². The summed E-state index contributed by atoms with van der Waals surface area (Å²) in [4.78, 5) is 37.8. The molecule has 0 spiro atoms. The standard InChI is InChI=1S/C17H22N2O5/c1-13-4-2-3-5-14(13)24-12-16(21)19-10-8-18(9-11-19)15(20)6-7-17(22)23/h2-5H,6-12H2,1H3,(H,22,23). The second-order valence-corrected chi connectivity index (χ2v) is 5.71. The SMILES string of the molecule is Cc1ccccc1OCC(=O)N1CCN(C(=O)CCC(=O)O)CC1. The molecule has 0 saturated carbocycles. The van der Waals surface area contributed by atoms with Crippen molar-refractivity contribution < 1.29 is 24.2 Å². The van der Waals surface area contributed by atoms with Crippen LogP contribution in [0.3, 0.4) is 0 Å². The molecule has 0 bridgehead atoms. The Bertz CT molecular complexity index is 609. The van der Waals surface area contributed by atoms with Gasteiger partial charge < -0.3 is 19.6 Å². The molecule has 0 radical (unpaired) electrons. The van der Waals surface area contributed by atoms with Crippen molar-refractivity contribution in [2.24, 2.45) is 0 Å². The van der Waals surface area contributed by atoms with E-state index in [0.717, 1.165) is 5.56 Å². The Balaban J connectivity index is 1.75. The summed E-state index contributed by atoms with van der Waals surface area (Å²) in [5.41, 5.74) is 0.971. The Morgan fingerprint density at radius 1 is 1.00 bits per heavy atom. The Kier molecular flexibility index (Phi) is 6.17. The number of hydrogen-bond acceptors (Lipinski definition) is 4. The van der Waals surface area contributed by atoms with Gasteiger partial charge in [-0.25, -0.2) is 0 Å². The van der Waals surface area contributed by atoms with E-state index in [4.69, 9.17) is 9.84 Å². The molecule has 1 saturated heterocycles. The van der Waals surface area contributed by atoms with Crippen molar-refractivity contribution in [2.45, 2.75) is 19.8 Å². The fraction of sp³-hybridized carbons (Fsp3) is 0.471. The highest BCUT2D eigenvalue weighted by Gasteiger charge is 2.24. The molecule has 24 heavy (non-hydrogen) atoms. The highest BCUT2D eigenvalue weighted by molar-refractivity contribution is 5.81. The van der Waals surface area contributed by atoms with Crippen molar-refractivity contribution in [1.29, 1.82) is 0 Å². The molecule has 2 rings (SSSR count). The Labute approximate surface area is 140 Å². The number of benzene rings is 1. The molecule has 0 aliphatic carbocycles. The Hall–Kier alpha value is -2.57. The van der Waals surface area contributed by atoms with E-state index in [2.05, 4.69) is 0 Å². The first-order chi connectivity index (χ1) is 11.5. The fourth-order valence-corrected chi connectivity index (χ4v) is 2.53. The first-order valence-electron chi connectivity index (χ1n) is 7.93. The van der Waals surface area contributed by atoms with E-state index in [9.17, 15) is 14.4 Å². The molecular weight excluding hydrogens is 312 g/mol. The number of carboxylic acids is 1. The van der Waals surface area contributed by atoms with Gasteiger partial charge in [0.2, 0.25) is 5.91 Å². The number of rotatable bonds is 6. The molecule has 1 heterocycles. The summed E-state index contributed by atoms with van der Waals surface area (Å²) in [5.74, 6) is -0.588. The first-order valence-corrected chi connectivity index (χ1v) is 7.93. The highest BCUT2D eigenvalue weighted by atomic mass is 16.5. The largest absolute Gasteiger partial charge is 0.484 e. The van der Waals surface area contributed by atoms with Crippen LogP contribution in [-0.2, 0) is 14.4 Å². The number of nitrogens with zero attached hydrogens (tertiary/aromatic N) is 2. The van der Waals surface area contributed by atoms with Crippen molar-refractivity contribution >= 4 is 17.8 Å². The van der Waals surface area contributed by atoms with E-state index < -0.39 is 5.97 Å². The van der Waals surface area contributed by atoms with Gasteiger partial charge in [-0.2, -0.15) is 0 Å². The zero-order valence-electron chi connectivity index (χ0n) is 13.7. The second kappa shape index (κ2) is 8.33. The molecule has 0 atom stereocenters. The number of ether oxygens (including phenoxy) is 1. The first kappa shape index (κ1) is 17.8. The lowest BCUT2D eigenvalue weighted by Crippen LogP contribution is -2.51. The summed E-state index contributed by atoms with van der Waals surface area (Å²) in [5, 5.41) is 8.61. The summed E-state index contributed by atoms with van der Waals surface area (Å²) in [6, 6.07) is 7.50. The molecule has 7 heteroatoms. The van der Waals surface area contributed by atoms with Gasteiger partial charge in [-0.3, -0.25) is 14.4 Å². The summed E-state index contributed by atoms with van der Waals surface area (Å²) >= 11 is 0. The lowest BCUT2D eigenvalue weighted by Gasteiger charge is -2.34. The average Bonchev–Trinajstić information content (AvgIpc) is 2.58. The molecule has 1 aromatic rings. The van der Waals surface area contributed by atoms with E-state index in [1.807, 2.05) is 31.2 Å². The van der Waals surface area contributed by atoms with Crippen LogP contribution in [0.15, 0.2) is 24.3 Å². The van der Waals surface area contributed by atoms with Gasteiger partial charge in [0.1, 0.15) is 5.75 Å². The number of para-hydroxylation sites is 1. The van der Waals surface area contributed by atoms with Gasteiger partial charge in [0, 0.05) is 32.6 Å². The van der Waals surface area contributed by atoms with Crippen molar-refractivity contribution in [3.8, 4) is 5.75 Å². The number of carbonyl (C=O) groups excluding carboxylic acids is 2. The van der Waals surface area contributed by atoms with Crippen molar-refractivity contribution in [3.63, 3.8) is 0 Å². The van der Waals surface area contributed by atoms with E-state index >= 15 is 0 Å². The number of carboxylic acid groups (broad SMARTS) is 1. The maximum atomic E-state index is 12.2. The second-order valence-electron chi connectivity index (χ2n) is 5.71. The Morgan fingerprint density at radius 2 is 1.58 bits per heavy atom. The molecule has 2 amide bonds. The molecule has 0 unspecified atom stereocenters. The molecule has 130 valence electrons. The number of carbonyl (C=O) groups is 3. The van der Waals surface area contributed by atoms with Crippen LogP contribution in [0.4, 0.5) is 0 Å². The quantitative estimate of drug-likeness (QED) is 0.835. The van der Waals surface area contributed by atoms with E-state index in [1.165, 1.54) is 0 Å². The zero-order valence-corrected chi connectivity index (χ0v) is 13.7. The van der Waals surface area contributed by atoms with Gasteiger partial charge in [-0.1, -0.05) is 18.2 Å². The van der Waals surface area contributed by atoms with Crippen LogP contribution in [0.2, 0.25) is 0 Å². The summed E-state index contributed by atoms with van der Waals surface area (Å²) < 4.78 is 5.55. The Morgan fingerprint density at radius 3 is 2.17 bits per heavy atom. The van der Waals surface area contributed by atoms with Crippen LogP contribution in [0.1, 0.15) is 18.4 Å². The minimum absolute atomic E-state index is 0.000323. The normalized spacial score (nSPS) is 14.4. The smallest absolute Gasteiger partial charge is 0.303 e. The molecule has 0 aromatic heterocycles. The summed E-state index contributed by atoms with van der Waals surface area (Å²) in [6.07, 6.45) is -0.165. The predicted octanol–water partition coefficient (Wildman–Crippen LogP) is 0.909. The molecule has 1 N–H and O–H groups in total. The van der Waals surface area contributed by atoms with Crippen molar-refractivity contribution in [2.75, 3.05) is 32.8 Å². The zero-order chi connectivity index (χ0) is 17.5. The van der Waals surface area contributed by atoms with Crippen LogP contribution in [-0.4, -0.2) is 65.5 Å². The number of aliphatic carboxylic acids is 1. The summed E-state index contributed by atoms with van der Waals surface area (Å²) in [6.45, 7) is 3.62. The van der Waals surface area contributed by atoms with Crippen LogP contribution in [0, 0.1) is 6.92 Å². The van der Waals surface area contributed by atoms with Gasteiger partial charge >= 0.3 is 5.97 Å². The summed E-state index contributed by atoms with van der Waals surface area (Å²) in [7, 11) is 0. The van der Waals surface area contributed by atoms with Crippen LogP contribution in [0.5, 0.6) is 5.75 Å². The number of piperazine rings is 1. The van der Waals surface area contributed by atoms with Gasteiger partial charge in [0.05, 0.1) is 6.42 Å². The van der Waals surface area contributed by atoms with Gasteiger partial charge in [-0.15, -0.1) is 0 Å². The maximum absolute atomic E-state index is 12.2. The molecule has 1 aromatic carbocycles. The monoisotopic (exact) mass is 334 g/mol. The lowest BCUT2D eigenvalue weighted by atomic mass is 10.2. The number of aryl methyl sites for hydroxylation is 1. The van der Waals surface area contributed by atoms with Crippen LogP contribution >= 0.6 is 0 Å². The van der Waals surface area contributed by atoms with E-state index in [0.29, 0.717) is 31.9 Å². The molecular formula is C17H22N2O5. The minimum Gasteiger partial charge on any atom is -0.484 e. The third-order valence-corrected chi connectivity index (χ3v) is 3.98. The molecule has 1 aliphatic rings. The minimum atomic E-state index is -0.981. The fourth-order valence-electron chi connectivity index (χ4n) is 2.53. The third kappa shape index (κ3) is 4.97.